The molecule has 12 atom stereocenters. The molecule has 89 heavy (non-hydrogen) atoms. The summed E-state index contributed by atoms with van der Waals surface area (Å²) < 4.78 is 0. The van der Waals surface area contributed by atoms with E-state index in [0.29, 0.717) is 31.2 Å². The van der Waals surface area contributed by atoms with Gasteiger partial charge in [0, 0.05) is 88.1 Å². The first kappa shape index (κ1) is 78.8. The van der Waals surface area contributed by atoms with Crippen molar-refractivity contribution in [3.63, 3.8) is 0 Å². The van der Waals surface area contributed by atoms with Crippen molar-refractivity contribution < 1.29 is 72.5 Å². The molecule has 1 rings (SSSR count). The van der Waals surface area contributed by atoms with Crippen molar-refractivity contribution in [3.8, 4) is 0 Å². The van der Waals surface area contributed by atoms with Gasteiger partial charge in [-0.25, -0.2) is 0 Å². The molecular formula is C61H99N13O15. The quantitative estimate of drug-likeness (QED) is 0.0243. The third kappa shape index (κ3) is 31.5. The molecule has 1 aromatic carbocycles. The number of amides is 6. The average molecular weight is 1250 g/mol. The smallest absolute Gasteiger partial charge is 0.305 e. The molecule has 0 aliphatic heterocycles. The third-order valence-electron chi connectivity index (χ3n) is 15.8. The predicted molar refractivity (Wildman–Crippen MR) is 332 cm³/mol. The summed E-state index contributed by atoms with van der Waals surface area (Å²) >= 11 is 0. The fourth-order valence-electron chi connectivity index (χ4n) is 9.95. The maximum absolute atomic E-state index is 14.4. The van der Waals surface area contributed by atoms with E-state index in [1.807, 2.05) is 6.92 Å². The Hall–Kier alpha value is -8.17. The highest BCUT2D eigenvalue weighted by Gasteiger charge is 2.37. The molecular weight excluding hydrogens is 1150 g/mol. The first-order valence-electron chi connectivity index (χ1n) is 30.5. The van der Waals surface area contributed by atoms with Crippen molar-refractivity contribution in [2.24, 2.45) is 85.8 Å². The van der Waals surface area contributed by atoms with Gasteiger partial charge < -0.3 is 71.2 Å². The number of aliphatic carboxylic acids is 2. The Morgan fingerprint density at radius 3 is 1.46 bits per heavy atom. The minimum Gasteiger partial charge on any atom is -0.481 e. The lowest BCUT2D eigenvalue weighted by atomic mass is 9.83. The number of nitrogens with zero attached hydrogens (tertiary/aromatic N) is 2. The van der Waals surface area contributed by atoms with Crippen LogP contribution in [-0.4, -0.2) is 148 Å². The molecule has 0 bridgehead atoms. The Kier molecular flexibility index (Phi) is 37.1. The molecule has 0 aliphatic carbocycles. The molecule has 0 aromatic heterocycles. The number of rotatable bonds is 48. The van der Waals surface area contributed by atoms with Gasteiger partial charge in [-0.15, -0.1) is 0 Å². The van der Waals surface area contributed by atoms with Gasteiger partial charge >= 0.3 is 11.9 Å². The van der Waals surface area contributed by atoms with Crippen LogP contribution in [-0.2, 0) is 68.7 Å². The Bertz CT molecular complexity index is 2610. The topological polar surface area (TPSA) is 503 Å². The maximum atomic E-state index is 14.4. The molecule has 28 nitrogen and oxygen atoms in total. The van der Waals surface area contributed by atoms with Gasteiger partial charge in [0.2, 0.25) is 35.4 Å². The Labute approximate surface area is 521 Å². The number of guanidine groups is 2. The predicted octanol–water partition coefficient (Wildman–Crippen LogP) is 0.743. The first-order valence-corrected chi connectivity index (χ1v) is 30.5. The molecule has 6 amide bonds. The van der Waals surface area contributed by atoms with E-state index in [1.165, 1.54) is 13.8 Å². The fraction of sp³-hybridized carbons (Fsp3) is 0.656. The van der Waals surface area contributed by atoms with E-state index in [1.54, 1.807) is 51.1 Å². The van der Waals surface area contributed by atoms with Crippen molar-refractivity contribution in [1.29, 1.82) is 0 Å². The van der Waals surface area contributed by atoms with Gasteiger partial charge in [0.1, 0.15) is 0 Å². The maximum Gasteiger partial charge on any atom is 0.305 e. The molecule has 28 heteroatoms. The molecule has 0 aliphatic rings. The Balaban J connectivity index is 3.47. The molecule has 0 heterocycles. The molecule has 498 valence electrons. The number of nitrogens with one attached hydrogen (secondary N) is 5. The highest BCUT2D eigenvalue weighted by molar-refractivity contribution is 5.99. The molecule has 0 spiro atoms. The van der Waals surface area contributed by atoms with E-state index in [4.69, 9.17) is 34.4 Å². The second-order valence-electron chi connectivity index (χ2n) is 23.1. The van der Waals surface area contributed by atoms with Gasteiger partial charge in [0.05, 0.1) is 36.6 Å². The lowest BCUT2D eigenvalue weighted by Gasteiger charge is -2.28. The van der Waals surface area contributed by atoms with Gasteiger partial charge in [-0.05, 0) is 82.2 Å². The largest absolute Gasteiger partial charge is 0.481 e. The van der Waals surface area contributed by atoms with E-state index < -0.39 is 181 Å². The van der Waals surface area contributed by atoms with Gasteiger partial charge in [0.25, 0.3) is 0 Å². The number of hydrogen-bond donors (Lipinski definition) is 13. The lowest BCUT2D eigenvalue weighted by Crippen LogP contribution is -2.50. The summed E-state index contributed by atoms with van der Waals surface area (Å²) in [4.78, 5) is 182. The average Bonchev–Trinajstić information content (AvgIpc) is 2.12. The number of benzene rings is 1. The van der Waals surface area contributed by atoms with Gasteiger partial charge in [0.15, 0.2) is 40.8 Å². The van der Waals surface area contributed by atoms with Crippen LogP contribution >= 0.6 is 0 Å². The van der Waals surface area contributed by atoms with Crippen molar-refractivity contribution >= 4 is 88.2 Å². The lowest BCUT2D eigenvalue weighted by molar-refractivity contribution is -0.141. The summed E-state index contributed by atoms with van der Waals surface area (Å²) in [5, 5.41) is 32.2. The molecule has 0 radical (unpaired) electrons. The van der Waals surface area contributed by atoms with Crippen LogP contribution in [0.15, 0.2) is 40.3 Å². The Morgan fingerprint density at radius 2 is 0.955 bits per heavy atom. The minimum atomic E-state index is -1.66. The number of carbonyl (C=O) groups is 13. The number of Topliss-reactive ketones (excluding diaryl/α,β-unsaturated/α-hetero) is 5. The summed E-state index contributed by atoms with van der Waals surface area (Å²) in [7, 11) is 0. The van der Waals surface area contributed by atoms with Crippen LogP contribution in [0.25, 0.3) is 0 Å². The number of nitrogens with two attached hydrogens (primary N) is 6. The molecule has 0 unspecified atom stereocenters. The van der Waals surface area contributed by atoms with Crippen molar-refractivity contribution in [3.05, 3.63) is 35.9 Å². The zero-order valence-corrected chi connectivity index (χ0v) is 52.7. The number of carboxylic acid groups (broad SMARTS) is 2. The van der Waals surface area contributed by atoms with Crippen LogP contribution in [0.5, 0.6) is 0 Å². The summed E-state index contributed by atoms with van der Waals surface area (Å²) in [5.41, 5.74) is 34.2. The number of hydrogen-bond acceptors (Lipinski definition) is 16. The van der Waals surface area contributed by atoms with Gasteiger partial charge in [-0.1, -0.05) is 84.2 Å². The van der Waals surface area contributed by atoms with Crippen molar-refractivity contribution in [2.75, 3.05) is 19.6 Å². The molecule has 1 aromatic rings. The summed E-state index contributed by atoms with van der Waals surface area (Å²) in [6.45, 7) is 11.3. The third-order valence-corrected chi connectivity index (χ3v) is 15.8. The van der Waals surface area contributed by atoms with Crippen LogP contribution in [0.3, 0.4) is 0 Å². The number of carboxylic acids is 2. The number of carbonyl (C=O) groups excluding carboxylic acids is 11. The number of ketones is 5. The van der Waals surface area contributed by atoms with E-state index in [0.717, 1.165) is 6.92 Å². The van der Waals surface area contributed by atoms with E-state index in [9.17, 15) is 72.5 Å². The standard InChI is InChI=1S/C61H99N13O15/c1-8-34(3)42(55(63)85)31-51(79)46(28-39-17-11-10-12-18-39)74-59(89)43(35(4)9-2)32-52(80)47(33-54(83)84)73-56(86)36(5)27-48(76)37(6)70-57(87)41(20-15-25-68-60(64)65)30-49(77)44(21-16-26-69-61(66)67)72-58(88)40(19-13-14-24-62)29-50(78)45(71-38(7)75)22-23-53(81)82/h10-12,17-18,34-37,40-47H,8-9,13-16,19-33,62H2,1-7H3,(H2,63,85)(H,70,87)(H,71,75)(H,72,88)(H,73,86)(H,74,89)(H,81,82)(H,83,84)(H4,64,65,68)(H4,66,67,69)/t34-,35-,36+,37-,40+,41+,42-,43-,44-,45-,46-,47-/m0/s1. The monoisotopic (exact) mass is 1250 g/mol. The first-order chi connectivity index (χ1) is 41.8. The second kappa shape index (κ2) is 41.9. The summed E-state index contributed by atoms with van der Waals surface area (Å²) in [6.07, 6.45) is -1.58. The fourth-order valence-corrected chi connectivity index (χ4v) is 9.95. The van der Waals surface area contributed by atoms with Gasteiger partial charge in [-0.2, -0.15) is 0 Å². The normalized spacial score (nSPS) is 15.1. The SMILES string of the molecule is CC[C@H](C)[C@H](CC(=O)[C@H](Cc1ccccc1)NC(=O)[C@@H](CC(=O)[C@H](CC(=O)O)NC(=O)[C@H](C)CC(=O)[C@H](C)NC(=O)[C@H](CCCN=C(N)N)CC(=O)[C@H](CCCN=C(N)N)NC(=O)[C@H](CCCCN)CC(=O)[C@H](CCC(=O)O)NC(C)=O)[C@@H](C)CC)C(N)=O. The van der Waals surface area contributed by atoms with Crippen LogP contribution in [0.4, 0.5) is 0 Å². The van der Waals surface area contributed by atoms with Gasteiger partial charge in [-0.3, -0.25) is 72.3 Å². The molecule has 19 N–H and O–H groups in total. The van der Waals surface area contributed by atoms with E-state index in [2.05, 4.69) is 36.6 Å². The number of aliphatic imine (C=N–C) groups is 2. The molecule has 0 saturated heterocycles. The van der Waals surface area contributed by atoms with Crippen LogP contribution in [0.2, 0.25) is 0 Å². The second-order valence-corrected chi connectivity index (χ2v) is 23.1. The zero-order valence-electron chi connectivity index (χ0n) is 52.7. The van der Waals surface area contributed by atoms with E-state index >= 15 is 0 Å². The number of primary amides is 1. The minimum absolute atomic E-state index is 0.0134. The van der Waals surface area contributed by atoms with Crippen molar-refractivity contribution in [2.45, 2.75) is 194 Å². The van der Waals surface area contributed by atoms with E-state index in [-0.39, 0.29) is 88.8 Å². The van der Waals surface area contributed by atoms with Crippen LogP contribution < -0.4 is 61.0 Å². The zero-order chi connectivity index (χ0) is 67.5. The Morgan fingerprint density at radius 1 is 0.483 bits per heavy atom. The van der Waals surface area contributed by atoms with Crippen LogP contribution in [0.1, 0.15) is 163 Å². The molecule has 0 fully saturated rings. The van der Waals surface area contributed by atoms with Crippen molar-refractivity contribution in [1.82, 2.24) is 26.6 Å². The molecule has 0 saturated carbocycles. The number of unbranched alkanes of at least 4 members (excludes halogenated alkanes) is 1. The highest BCUT2D eigenvalue weighted by atomic mass is 16.4. The summed E-state index contributed by atoms with van der Waals surface area (Å²) in [5.74, 6) is -16.7. The highest BCUT2D eigenvalue weighted by Crippen LogP contribution is 2.25. The van der Waals surface area contributed by atoms with Crippen LogP contribution in [0, 0.1) is 41.4 Å². The summed E-state index contributed by atoms with van der Waals surface area (Å²) in [6, 6.07) is 2.25.